The average Bonchev–Trinajstić information content (AvgIpc) is 2.98. The second-order valence-corrected chi connectivity index (χ2v) is 8.24. The first kappa shape index (κ1) is 21.4. The first-order valence-electron chi connectivity index (χ1n) is 9.77. The number of rotatable bonds is 2. The number of halogens is 4. The zero-order chi connectivity index (χ0) is 18.5. The molecule has 1 N–H and O–H groups in total. The van der Waals surface area contributed by atoms with Crippen molar-refractivity contribution in [1.29, 1.82) is 0 Å². The van der Waals surface area contributed by atoms with Crippen molar-refractivity contribution in [3.8, 4) is 0 Å². The van der Waals surface area contributed by atoms with Crippen LogP contribution in [-0.2, 0) is 4.74 Å². The molecule has 1 spiro atoms. The van der Waals surface area contributed by atoms with Crippen molar-refractivity contribution in [3.63, 3.8) is 0 Å². The van der Waals surface area contributed by atoms with E-state index >= 15 is 0 Å². The summed E-state index contributed by atoms with van der Waals surface area (Å²) in [5.74, 6) is 1.39. The fourth-order valence-electron chi connectivity index (χ4n) is 5.42. The summed E-state index contributed by atoms with van der Waals surface area (Å²) in [6, 6.07) is -0.990. The number of nitrogens with one attached hydrogen (secondary N) is 1. The standard InChI is InChI=1S/C18H29F3N4O.HI/c1-12(18(19,20)21)24-7-9-25(10-8-24)16(22-2)23-14-13-4-11-26-15(13)17(14)5-3-6-17;/h12-15H,3-11H2,1-2H3,(H,22,23);1H. The molecule has 5 nitrogen and oxygen atoms in total. The Morgan fingerprint density at radius 1 is 1.22 bits per heavy atom. The van der Waals surface area contributed by atoms with Crippen molar-refractivity contribution >= 4 is 29.9 Å². The molecule has 0 bridgehead atoms. The maximum Gasteiger partial charge on any atom is 0.403 e. The Labute approximate surface area is 176 Å². The van der Waals surface area contributed by atoms with E-state index in [2.05, 4.69) is 15.2 Å². The van der Waals surface area contributed by atoms with Crippen LogP contribution >= 0.6 is 24.0 Å². The summed E-state index contributed by atoms with van der Waals surface area (Å²) < 4.78 is 44.8. The van der Waals surface area contributed by atoms with Crippen molar-refractivity contribution in [2.45, 2.75) is 57.0 Å². The Morgan fingerprint density at radius 2 is 1.89 bits per heavy atom. The molecule has 2 aliphatic heterocycles. The number of fused-ring (bicyclic) bond motifs is 2. The molecule has 4 unspecified atom stereocenters. The van der Waals surface area contributed by atoms with E-state index in [0.29, 0.717) is 44.2 Å². The Hall–Kier alpha value is -0.290. The third kappa shape index (κ3) is 3.56. The van der Waals surface area contributed by atoms with Gasteiger partial charge in [-0.05, 0) is 26.2 Å². The van der Waals surface area contributed by atoms with Gasteiger partial charge in [-0.1, -0.05) is 6.42 Å². The monoisotopic (exact) mass is 502 g/mol. The van der Waals surface area contributed by atoms with Gasteiger partial charge in [-0.15, -0.1) is 24.0 Å². The number of guanidine groups is 1. The summed E-state index contributed by atoms with van der Waals surface area (Å²) in [4.78, 5) is 8.06. The van der Waals surface area contributed by atoms with Crippen molar-refractivity contribution in [2.75, 3.05) is 39.8 Å². The van der Waals surface area contributed by atoms with Crippen LogP contribution in [0.3, 0.4) is 0 Å². The van der Waals surface area contributed by atoms with Crippen LogP contribution in [0, 0.1) is 11.3 Å². The molecule has 0 aromatic rings. The fraction of sp³-hybridized carbons (Fsp3) is 0.944. The second-order valence-electron chi connectivity index (χ2n) is 8.24. The Morgan fingerprint density at radius 3 is 2.41 bits per heavy atom. The highest BCUT2D eigenvalue weighted by Gasteiger charge is 2.66. The zero-order valence-electron chi connectivity index (χ0n) is 16.0. The summed E-state index contributed by atoms with van der Waals surface area (Å²) in [5.41, 5.74) is 0.268. The predicted octanol–water partition coefficient (Wildman–Crippen LogP) is 2.71. The molecule has 156 valence electrons. The predicted molar refractivity (Wildman–Crippen MR) is 108 cm³/mol. The van der Waals surface area contributed by atoms with Gasteiger partial charge in [0.05, 0.1) is 6.10 Å². The lowest BCUT2D eigenvalue weighted by molar-refractivity contribution is -0.181. The van der Waals surface area contributed by atoms with Gasteiger partial charge in [0.25, 0.3) is 0 Å². The van der Waals surface area contributed by atoms with Gasteiger partial charge in [-0.3, -0.25) is 9.89 Å². The molecule has 27 heavy (non-hydrogen) atoms. The van der Waals surface area contributed by atoms with Gasteiger partial charge < -0.3 is 15.0 Å². The first-order chi connectivity index (χ1) is 12.4. The van der Waals surface area contributed by atoms with Crippen LogP contribution in [0.2, 0.25) is 0 Å². The molecule has 0 radical (unpaired) electrons. The molecule has 2 aliphatic carbocycles. The van der Waals surface area contributed by atoms with Gasteiger partial charge in [0.2, 0.25) is 0 Å². The minimum absolute atomic E-state index is 0. The molecule has 0 amide bonds. The van der Waals surface area contributed by atoms with Crippen LogP contribution in [0.25, 0.3) is 0 Å². The lowest BCUT2D eigenvalue weighted by atomic mass is 9.46. The molecule has 0 aromatic heterocycles. The lowest BCUT2D eigenvalue weighted by Crippen LogP contribution is -2.73. The SMILES string of the molecule is CN=C(NC1C2CCOC2C12CCC2)N1CCN(C(C)C(F)(F)F)CC1.I. The van der Waals surface area contributed by atoms with Crippen molar-refractivity contribution < 1.29 is 17.9 Å². The van der Waals surface area contributed by atoms with Crippen LogP contribution < -0.4 is 5.32 Å². The normalized spacial score (nSPS) is 34.3. The van der Waals surface area contributed by atoms with E-state index < -0.39 is 12.2 Å². The molecule has 2 heterocycles. The van der Waals surface area contributed by atoms with Gasteiger partial charge in [0.1, 0.15) is 6.04 Å². The van der Waals surface area contributed by atoms with E-state index in [9.17, 15) is 13.2 Å². The van der Waals surface area contributed by atoms with Crippen LogP contribution in [0.15, 0.2) is 4.99 Å². The summed E-state index contributed by atoms with van der Waals surface area (Å²) in [5, 5.41) is 3.67. The van der Waals surface area contributed by atoms with Crippen LogP contribution in [0.4, 0.5) is 13.2 Å². The van der Waals surface area contributed by atoms with E-state index in [1.807, 2.05) is 0 Å². The Balaban J connectivity index is 0.00000210. The first-order valence-corrected chi connectivity index (χ1v) is 9.77. The summed E-state index contributed by atoms with van der Waals surface area (Å²) in [6.45, 7) is 4.06. The van der Waals surface area contributed by atoms with Crippen LogP contribution in [0.5, 0.6) is 0 Å². The van der Waals surface area contributed by atoms with Gasteiger partial charge in [-0.25, -0.2) is 0 Å². The molecule has 9 heteroatoms. The third-order valence-corrected chi connectivity index (χ3v) is 7.17. The van der Waals surface area contributed by atoms with Crippen molar-refractivity contribution in [2.24, 2.45) is 16.3 Å². The fourth-order valence-corrected chi connectivity index (χ4v) is 5.42. The highest BCUT2D eigenvalue weighted by atomic mass is 127. The molecule has 4 atom stereocenters. The Bertz CT molecular complexity index is 561. The molecule has 2 saturated heterocycles. The molecule has 4 fully saturated rings. The minimum atomic E-state index is -4.16. The number of hydrogen-bond donors (Lipinski definition) is 1. The summed E-state index contributed by atoms with van der Waals surface area (Å²) in [7, 11) is 1.77. The number of hydrogen-bond acceptors (Lipinski definition) is 3. The maximum absolute atomic E-state index is 12.9. The van der Waals surface area contributed by atoms with Gasteiger partial charge in [0.15, 0.2) is 5.96 Å². The van der Waals surface area contributed by atoms with Gasteiger partial charge in [0, 0.05) is 57.2 Å². The molecular formula is C18H30F3IN4O. The van der Waals surface area contributed by atoms with E-state index in [-0.39, 0.29) is 29.4 Å². The largest absolute Gasteiger partial charge is 0.403 e. The van der Waals surface area contributed by atoms with Crippen LogP contribution in [0.1, 0.15) is 32.6 Å². The molecule has 2 saturated carbocycles. The smallest absolute Gasteiger partial charge is 0.377 e. The zero-order valence-corrected chi connectivity index (χ0v) is 18.3. The van der Waals surface area contributed by atoms with Gasteiger partial charge in [-0.2, -0.15) is 13.2 Å². The van der Waals surface area contributed by atoms with Gasteiger partial charge >= 0.3 is 6.18 Å². The molecule has 0 aromatic carbocycles. The quantitative estimate of drug-likeness (QED) is 0.358. The average molecular weight is 502 g/mol. The Kier molecular flexibility index (Phi) is 6.23. The second kappa shape index (κ2) is 7.85. The maximum atomic E-state index is 12.9. The number of aliphatic imine (C=N–C) groups is 1. The number of nitrogens with zero attached hydrogens (tertiary/aromatic N) is 3. The van der Waals surface area contributed by atoms with E-state index in [1.165, 1.54) is 31.1 Å². The third-order valence-electron chi connectivity index (χ3n) is 7.17. The summed E-state index contributed by atoms with van der Waals surface area (Å²) in [6.07, 6.45) is 1.01. The molecule has 4 aliphatic rings. The van der Waals surface area contributed by atoms with Crippen molar-refractivity contribution in [1.82, 2.24) is 15.1 Å². The number of alkyl halides is 3. The molecular weight excluding hydrogens is 472 g/mol. The lowest BCUT2D eigenvalue weighted by Gasteiger charge is -2.63. The van der Waals surface area contributed by atoms with Crippen LogP contribution in [-0.4, -0.2) is 80.0 Å². The number of piperazine rings is 1. The topological polar surface area (TPSA) is 40.1 Å². The summed E-state index contributed by atoms with van der Waals surface area (Å²) >= 11 is 0. The van der Waals surface area contributed by atoms with E-state index in [0.717, 1.165) is 19.0 Å². The van der Waals surface area contributed by atoms with Crippen molar-refractivity contribution in [3.05, 3.63) is 0 Å². The minimum Gasteiger partial charge on any atom is -0.377 e. The van der Waals surface area contributed by atoms with E-state index in [4.69, 9.17) is 4.74 Å². The molecule has 4 rings (SSSR count). The highest BCUT2D eigenvalue weighted by molar-refractivity contribution is 14.0. The highest BCUT2D eigenvalue weighted by Crippen LogP contribution is 2.62. The van der Waals surface area contributed by atoms with E-state index in [1.54, 1.807) is 7.05 Å². The number of ether oxygens (including phenoxy) is 1.